The number of hydrogen-bond donors (Lipinski definition) is 1. The zero-order valence-electron chi connectivity index (χ0n) is 17.4. The highest BCUT2D eigenvalue weighted by Crippen LogP contribution is 2.42. The van der Waals surface area contributed by atoms with E-state index in [1.54, 1.807) is 11.3 Å². The molecule has 1 amide bonds. The van der Waals surface area contributed by atoms with Crippen molar-refractivity contribution < 1.29 is 19.1 Å². The van der Waals surface area contributed by atoms with Crippen molar-refractivity contribution in [2.24, 2.45) is 5.92 Å². The number of nitrogens with one attached hydrogen (secondary N) is 1. The summed E-state index contributed by atoms with van der Waals surface area (Å²) in [6, 6.07) is 0.184. The smallest absolute Gasteiger partial charge is 0.407 e. The number of amides is 1. The average Bonchev–Trinajstić information content (AvgIpc) is 2.96. The number of carbonyl (C=O) groups is 2. The van der Waals surface area contributed by atoms with Crippen LogP contribution in [0.15, 0.2) is 5.38 Å². The van der Waals surface area contributed by atoms with Gasteiger partial charge < -0.3 is 14.8 Å². The van der Waals surface area contributed by atoms with Crippen molar-refractivity contribution in [2.75, 3.05) is 7.11 Å². The van der Waals surface area contributed by atoms with Gasteiger partial charge in [0.2, 0.25) is 0 Å². The zero-order chi connectivity index (χ0) is 20.2. The summed E-state index contributed by atoms with van der Waals surface area (Å²) in [6.07, 6.45) is 4.81. The maximum Gasteiger partial charge on any atom is 0.407 e. The van der Waals surface area contributed by atoms with Gasteiger partial charge in [0.25, 0.3) is 0 Å². The van der Waals surface area contributed by atoms with E-state index in [9.17, 15) is 9.59 Å². The maximum absolute atomic E-state index is 12.0. The van der Waals surface area contributed by atoms with Gasteiger partial charge in [-0.05, 0) is 77.2 Å². The quantitative estimate of drug-likeness (QED) is 0.676. The number of alkyl carbamates (subject to hydrolysis) is 1. The minimum Gasteiger partial charge on any atom is -0.465 e. The molecule has 1 heterocycles. The van der Waals surface area contributed by atoms with E-state index in [1.807, 2.05) is 33.1 Å². The van der Waals surface area contributed by atoms with Crippen LogP contribution in [0.25, 0.3) is 0 Å². The Morgan fingerprint density at radius 1 is 1.26 bits per heavy atom. The normalized spacial score (nSPS) is 21.4. The van der Waals surface area contributed by atoms with Crippen LogP contribution in [0, 0.1) is 12.8 Å². The Bertz CT molecular complexity index is 654. The molecule has 1 unspecified atom stereocenters. The highest BCUT2D eigenvalue weighted by molar-refractivity contribution is 7.10. The zero-order valence-corrected chi connectivity index (χ0v) is 18.2. The summed E-state index contributed by atoms with van der Waals surface area (Å²) in [6.45, 7) is 9.87. The van der Waals surface area contributed by atoms with Gasteiger partial charge >= 0.3 is 12.1 Å². The Morgan fingerprint density at radius 2 is 1.89 bits per heavy atom. The fraction of sp³-hybridized carbons (Fsp3) is 0.714. The summed E-state index contributed by atoms with van der Waals surface area (Å²) in [7, 11) is 1.43. The molecular formula is C21H33NO4S. The molecule has 152 valence electrons. The lowest BCUT2D eigenvalue weighted by Crippen LogP contribution is -2.41. The summed E-state index contributed by atoms with van der Waals surface area (Å²) in [5, 5.41) is 4.94. The van der Waals surface area contributed by atoms with Crippen molar-refractivity contribution in [3.8, 4) is 0 Å². The summed E-state index contributed by atoms with van der Waals surface area (Å²) in [5.74, 6) is 0.778. The molecule has 1 saturated carbocycles. The number of hydrogen-bond acceptors (Lipinski definition) is 5. The fourth-order valence-corrected chi connectivity index (χ4v) is 5.32. The molecule has 1 aliphatic rings. The molecule has 1 aromatic heterocycles. The van der Waals surface area contributed by atoms with Crippen LogP contribution in [0.2, 0.25) is 0 Å². The van der Waals surface area contributed by atoms with Gasteiger partial charge in [-0.25, -0.2) is 9.59 Å². The van der Waals surface area contributed by atoms with Gasteiger partial charge in [0.15, 0.2) is 0 Å². The molecule has 2 rings (SSSR count). The molecule has 5 nitrogen and oxygen atoms in total. The summed E-state index contributed by atoms with van der Waals surface area (Å²) in [4.78, 5) is 25.2. The number of ether oxygens (including phenoxy) is 2. The third kappa shape index (κ3) is 5.71. The monoisotopic (exact) mass is 395 g/mol. The maximum atomic E-state index is 12.0. The van der Waals surface area contributed by atoms with E-state index in [-0.39, 0.29) is 18.1 Å². The average molecular weight is 396 g/mol. The highest BCUT2D eigenvalue weighted by Gasteiger charge is 2.31. The second kappa shape index (κ2) is 9.09. The molecule has 0 saturated heterocycles. The standard InChI is InChI=1S/C21H33NO4S/c1-7-16(18-13(2)17(12-27-18)19(23)25-6)14-8-10-15(11-9-14)22-20(24)26-21(3,4)5/h12,14-16H,7-11H2,1-6H3,(H,22,24). The number of esters is 1. The van der Waals surface area contributed by atoms with Gasteiger partial charge in [0.05, 0.1) is 12.7 Å². The predicted molar refractivity (Wildman–Crippen MR) is 109 cm³/mol. The molecule has 0 radical (unpaired) electrons. The van der Waals surface area contributed by atoms with Gasteiger partial charge in [0.1, 0.15) is 5.60 Å². The molecule has 1 atom stereocenters. The van der Waals surface area contributed by atoms with E-state index in [2.05, 4.69) is 12.2 Å². The van der Waals surface area contributed by atoms with Crippen LogP contribution in [0.3, 0.4) is 0 Å². The largest absolute Gasteiger partial charge is 0.465 e. The van der Waals surface area contributed by atoms with E-state index >= 15 is 0 Å². The summed E-state index contributed by atoms with van der Waals surface area (Å²) in [5.41, 5.74) is 1.28. The van der Waals surface area contributed by atoms with Crippen molar-refractivity contribution in [1.29, 1.82) is 0 Å². The third-order valence-electron chi connectivity index (χ3n) is 5.32. The molecular weight excluding hydrogens is 362 g/mol. The molecule has 27 heavy (non-hydrogen) atoms. The Kier molecular flexibility index (Phi) is 7.32. The number of carbonyl (C=O) groups excluding carboxylic acids is 2. The third-order valence-corrected chi connectivity index (χ3v) is 6.54. The lowest BCUT2D eigenvalue weighted by Gasteiger charge is -2.34. The minimum atomic E-state index is -0.470. The second-order valence-electron chi connectivity index (χ2n) is 8.40. The van der Waals surface area contributed by atoms with Crippen LogP contribution in [-0.2, 0) is 9.47 Å². The van der Waals surface area contributed by atoms with Crippen molar-refractivity contribution >= 4 is 23.4 Å². The Hall–Kier alpha value is -1.56. The lowest BCUT2D eigenvalue weighted by molar-refractivity contribution is 0.0484. The molecule has 1 fully saturated rings. The molecule has 1 N–H and O–H groups in total. The van der Waals surface area contributed by atoms with Crippen molar-refractivity contribution in [3.05, 3.63) is 21.4 Å². The number of thiophene rings is 1. The first-order chi connectivity index (χ1) is 12.7. The predicted octanol–water partition coefficient (Wildman–Crippen LogP) is 5.42. The van der Waals surface area contributed by atoms with Crippen molar-refractivity contribution in [3.63, 3.8) is 0 Å². The van der Waals surface area contributed by atoms with E-state index in [1.165, 1.54) is 12.0 Å². The summed E-state index contributed by atoms with van der Waals surface area (Å²) >= 11 is 1.67. The molecule has 6 heteroatoms. The SMILES string of the molecule is CCC(c1scc(C(=O)OC)c1C)C1CCC(NC(=O)OC(C)(C)C)CC1. The van der Waals surface area contributed by atoms with Crippen molar-refractivity contribution in [1.82, 2.24) is 5.32 Å². The van der Waals surface area contributed by atoms with Gasteiger partial charge in [-0.3, -0.25) is 0 Å². The van der Waals surface area contributed by atoms with Gasteiger partial charge in [0, 0.05) is 16.3 Å². The van der Waals surface area contributed by atoms with Crippen LogP contribution in [0.4, 0.5) is 4.79 Å². The minimum absolute atomic E-state index is 0.184. The fourth-order valence-electron chi connectivity index (χ4n) is 3.98. The molecule has 0 bridgehead atoms. The van der Waals surface area contributed by atoms with E-state index in [0.717, 1.165) is 37.7 Å². The summed E-state index contributed by atoms with van der Waals surface area (Å²) < 4.78 is 10.3. The topological polar surface area (TPSA) is 64.6 Å². The Balaban J connectivity index is 1.97. The molecule has 1 aliphatic carbocycles. The molecule has 0 aromatic carbocycles. The second-order valence-corrected chi connectivity index (χ2v) is 9.31. The van der Waals surface area contributed by atoms with Crippen LogP contribution < -0.4 is 5.32 Å². The van der Waals surface area contributed by atoms with Gasteiger partial charge in [-0.2, -0.15) is 0 Å². The van der Waals surface area contributed by atoms with Gasteiger partial charge in [-0.1, -0.05) is 6.92 Å². The first-order valence-electron chi connectivity index (χ1n) is 9.82. The molecule has 1 aromatic rings. The van der Waals surface area contributed by atoms with E-state index in [0.29, 0.717) is 17.4 Å². The lowest BCUT2D eigenvalue weighted by atomic mass is 9.76. The number of methoxy groups -OCH3 is 1. The van der Waals surface area contributed by atoms with Crippen LogP contribution in [0.1, 0.15) is 86.5 Å². The highest BCUT2D eigenvalue weighted by atomic mass is 32.1. The van der Waals surface area contributed by atoms with E-state index in [4.69, 9.17) is 9.47 Å². The number of rotatable bonds is 5. The Morgan fingerprint density at radius 3 is 2.41 bits per heavy atom. The molecule has 0 aliphatic heterocycles. The Labute approximate surface area is 166 Å². The van der Waals surface area contributed by atoms with Gasteiger partial charge in [-0.15, -0.1) is 11.3 Å². The van der Waals surface area contributed by atoms with E-state index < -0.39 is 5.60 Å². The van der Waals surface area contributed by atoms with Crippen LogP contribution >= 0.6 is 11.3 Å². The van der Waals surface area contributed by atoms with Crippen molar-refractivity contribution in [2.45, 2.75) is 84.3 Å². The first kappa shape index (κ1) is 21.7. The molecule has 0 spiro atoms. The first-order valence-corrected chi connectivity index (χ1v) is 10.7. The van der Waals surface area contributed by atoms with Crippen LogP contribution in [0.5, 0.6) is 0 Å². The van der Waals surface area contributed by atoms with Crippen LogP contribution in [-0.4, -0.2) is 30.8 Å².